The number of thioether (sulfide) groups is 1. The Morgan fingerprint density at radius 2 is 1.89 bits per heavy atom. The number of rotatable bonds is 4. The minimum atomic E-state index is -0.813. The summed E-state index contributed by atoms with van der Waals surface area (Å²) >= 11 is 1.85. The number of carboxylic acid groups (broad SMARTS) is 1. The van der Waals surface area contributed by atoms with Gasteiger partial charge in [-0.1, -0.05) is 25.7 Å². The molecule has 0 radical (unpaired) electrons. The minimum absolute atomic E-state index is 0.0724. The van der Waals surface area contributed by atoms with Crippen molar-refractivity contribution in [3.05, 3.63) is 0 Å². The number of hydrogen-bond acceptors (Lipinski definition) is 3. The highest BCUT2D eigenvalue weighted by atomic mass is 32.2. The first-order valence-electron chi connectivity index (χ1n) is 7.23. The van der Waals surface area contributed by atoms with E-state index in [0.29, 0.717) is 12.8 Å². The Morgan fingerprint density at radius 3 is 2.42 bits per heavy atom. The van der Waals surface area contributed by atoms with Crippen LogP contribution in [0.25, 0.3) is 0 Å². The van der Waals surface area contributed by atoms with Gasteiger partial charge in [0, 0.05) is 18.2 Å². The summed E-state index contributed by atoms with van der Waals surface area (Å²) in [6.45, 7) is 0. The second-order valence-corrected chi connectivity index (χ2v) is 6.95. The van der Waals surface area contributed by atoms with E-state index < -0.39 is 11.4 Å². The summed E-state index contributed by atoms with van der Waals surface area (Å²) in [5, 5.41) is 12.5. The lowest BCUT2D eigenvalue weighted by atomic mass is 9.77. The largest absolute Gasteiger partial charge is 0.481 e. The Hall–Kier alpha value is -0.710. The van der Waals surface area contributed by atoms with Crippen LogP contribution >= 0.6 is 11.8 Å². The molecule has 1 saturated carbocycles. The third-order valence-electron chi connectivity index (χ3n) is 4.31. The Morgan fingerprint density at radius 1 is 1.21 bits per heavy atom. The zero-order valence-electron chi connectivity index (χ0n) is 11.3. The van der Waals surface area contributed by atoms with E-state index in [1.807, 2.05) is 11.8 Å². The molecule has 1 unspecified atom stereocenters. The van der Waals surface area contributed by atoms with Gasteiger partial charge in [0.05, 0.1) is 5.41 Å². The van der Waals surface area contributed by atoms with Gasteiger partial charge in [-0.05, 0) is 25.0 Å². The molecule has 4 nitrogen and oxygen atoms in total. The first-order valence-corrected chi connectivity index (χ1v) is 8.38. The molecule has 2 aliphatic rings. The molecule has 2 fully saturated rings. The van der Waals surface area contributed by atoms with Gasteiger partial charge in [0.15, 0.2) is 0 Å². The maximum absolute atomic E-state index is 12.1. The molecule has 1 aliphatic heterocycles. The predicted molar refractivity (Wildman–Crippen MR) is 76.3 cm³/mol. The van der Waals surface area contributed by atoms with Gasteiger partial charge in [-0.25, -0.2) is 0 Å². The SMILES string of the molecule is O=C(CC1(C(=O)O)CCCCCC1)NC1CCSC1. The normalized spacial score (nSPS) is 26.6. The second-order valence-electron chi connectivity index (χ2n) is 5.80. The summed E-state index contributed by atoms with van der Waals surface area (Å²) in [6.07, 6.45) is 6.51. The lowest BCUT2D eigenvalue weighted by molar-refractivity contribution is -0.153. The van der Waals surface area contributed by atoms with E-state index in [4.69, 9.17) is 0 Å². The summed E-state index contributed by atoms with van der Waals surface area (Å²) in [4.78, 5) is 23.7. The zero-order chi connectivity index (χ0) is 13.7. The molecule has 0 aromatic rings. The highest BCUT2D eigenvalue weighted by molar-refractivity contribution is 7.99. The van der Waals surface area contributed by atoms with E-state index in [-0.39, 0.29) is 18.4 Å². The monoisotopic (exact) mass is 285 g/mol. The van der Waals surface area contributed by atoms with Crippen LogP contribution in [0.1, 0.15) is 51.4 Å². The quantitative estimate of drug-likeness (QED) is 0.779. The first kappa shape index (κ1) is 14.7. The highest BCUT2D eigenvalue weighted by Gasteiger charge is 2.40. The summed E-state index contributed by atoms with van der Waals surface area (Å²) in [6, 6.07) is 0.245. The van der Waals surface area contributed by atoms with Crippen molar-refractivity contribution >= 4 is 23.6 Å². The van der Waals surface area contributed by atoms with Gasteiger partial charge in [-0.2, -0.15) is 11.8 Å². The lowest BCUT2D eigenvalue weighted by Crippen LogP contribution is -2.41. The van der Waals surface area contributed by atoms with Gasteiger partial charge in [0.25, 0.3) is 0 Å². The van der Waals surface area contributed by atoms with Gasteiger partial charge >= 0.3 is 5.97 Å². The molecule has 0 bridgehead atoms. The molecule has 108 valence electrons. The van der Waals surface area contributed by atoms with Crippen LogP contribution in [0, 0.1) is 5.41 Å². The van der Waals surface area contributed by atoms with Crippen LogP contribution < -0.4 is 5.32 Å². The fourth-order valence-electron chi connectivity index (χ4n) is 3.11. The van der Waals surface area contributed by atoms with Crippen molar-refractivity contribution in [2.75, 3.05) is 11.5 Å². The van der Waals surface area contributed by atoms with Crippen LogP contribution in [0.15, 0.2) is 0 Å². The first-order chi connectivity index (χ1) is 9.12. The summed E-state index contributed by atoms with van der Waals surface area (Å²) in [7, 11) is 0. The third kappa shape index (κ3) is 3.88. The molecule has 1 aliphatic carbocycles. The molecule has 1 atom stereocenters. The van der Waals surface area contributed by atoms with Crippen LogP contribution in [0.3, 0.4) is 0 Å². The molecule has 0 aromatic carbocycles. The maximum atomic E-state index is 12.1. The maximum Gasteiger partial charge on any atom is 0.310 e. The van der Waals surface area contributed by atoms with Crippen molar-refractivity contribution in [3.63, 3.8) is 0 Å². The van der Waals surface area contributed by atoms with E-state index >= 15 is 0 Å². The van der Waals surface area contributed by atoms with Crippen LogP contribution in [-0.4, -0.2) is 34.5 Å². The van der Waals surface area contributed by atoms with Gasteiger partial charge in [-0.3, -0.25) is 9.59 Å². The summed E-state index contributed by atoms with van der Waals surface area (Å²) < 4.78 is 0. The standard InChI is InChI=1S/C14H23NO3S/c16-12(15-11-5-8-19-10-11)9-14(13(17)18)6-3-1-2-4-7-14/h11H,1-10H2,(H,15,16)(H,17,18). The fraction of sp³-hybridized carbons (Fsp3) is 0.857. The fourth-order valence-corrected chi connectivity index (χ4v) is 4.26. The second kappa shape index (κ2) is 6.64. The van der Waals surface area contributed by atoms with Crippen molar-refractivity contribution < 1.29 is 14.7 Å². The van der Waals surface area contributed by atoms with Crippen molar-refractivity contribution in [2.24, 2.45) is 5.41 Å². The number of nitrogens with one attached hydrogen (secondary N) is 1. The molecule has 0 aromatic heterocycles. The molecular formula is C14H23NO3S. The molecule has 19 heavy (non-hydrogen) atoms. The van der Waals surface area contributed by atoms with E-state index in [1.165, 1.54) is 0 Å². The van der Waals surface area contributed by atoms with E-state index in [1.54, 1.807) is 0 Å². The highest BCUT2D eigenvalue weighted by Crippen LogP contribution is 2.38. The Kier molecular flexibility index (Phi) is 5.13. The number of carbonyl (C=O) groups is 2. The minimum Gasteiger partial charge on any atom is -0.481 e. The van der Waals surface area contributed by atoms with Crippen LogP contribution in [-0.2, 0) is 9.59 Å². The number of carbonyl (C=O) groups excluding carboxylic acids is 1. The average Bonchev–Trinajstić information content (AvgIpc) is 2.73. The van der Waals surface area contributed by atoms with Gasteiger partial charge < -0.3 is 10.4 Å². The van der Waals surface area contributed by atoms with E-state index in [0.717, 1.165) is 43.6 Å². The van der Waals surface area contributed by atoms with E-state index in [9.17, 15) is 14.7 Å². The average molecular weight is 285 g/mol. The predicted octanol–water partition coefficient (Wildman–Crippen LogP) is 2.42. The van der Waals surface area contributed by atoms with Gasteiger partial charge in [0.2, 0.25) is 5.91 Å². The molecule has 1 heterocycles. The van der Waals surface area contributed by atoms with Gasteiger partial charge in [-0.15, -0.1) is 0 Å². The van der Waals surface area contributed by atoms with Gasteiger partial charge in [0.1, 0.15) is 0 Å². The Labute approximate surface area is 118 Å². The van der Waals surface area contributed by atoms with Crippen molar-refractivity contribution in [1.82, 2.24) is 5.32 Å². The van der Waals surface area contributed by atoms with Crippen LogP contribution in [0.5, 0.6) is 0 Å². The number of aliphatic carboxylic acids is 1. The zero-order valence-corrected chi connectivity index (χ0v) is 12.1. The molecule has 1 saturated heterocycles. The molecule has 1 amide bonds. The van der Waals surface area contributed by atoms with E-state index in [2.05, 4.69) is 5.32 Å². The third-order valence-corrected chi connectivity index (χ3v) is 5.47. The van der Waals surface area contributed by atoms with Crippen LogP contribution in [0.4, 0.5) is 0 Å². The molecule has 2 rings (SSSR count). The molecule has 2 N–H and O–H groups in total. The Balaban J connectivity index is 1.94. The smallest absolute Gasteiger partial charge is 0.310 e. The molecule has 0 spiro atoms. The lowest BCUT2D eigenvalue weighted by Gasteiger charge is -2.28. The molecular weight excluding hydrogens is 262 g/mol. The van der Waals surface area contributed by atoms with Crippen molar-refractivity contribution in [2.45, 2.75) is 57.4 Å². The van der Waals surface area contributed by atoms with Crippen molar-refractivity contribution in [3.8, 4) is 0 Å². The number of carboxylic acids is 1. The number of hydrogen-bond donors (Lipinski definition) is 2. The van der Waals surface area contributed by atoms with Crippen molar-refractivity contribution in [1.29, 1.82) is 0 Å². The Bertz CT molecular complexity index is 332. The number of amides is 1. The topological polar surface area (TPSA) is 66.4 Å². The summed E-state index contributed by atoms with van der Waals surface area (Å²) in [5.41, 5.74) is -0.813. The van der Waals surface area contributed by atoms with Crippen LogP contribution in [0.2, 0.25) is 0 Å². The summed E-state index contributed by atoms with van der Waals surface area (Å²) in [5.74, 6) is 1.20. The molecule has 5 heteroatoms.